The Balaban J connectivity index is 1.74. The summed E-state index contributed by atoms with van der Waals surface area (Å²) in [6, 6.07) is 11.6. The van der Waals surface area contributed by atoms with Crippen LogP contribution < -0.4 is 11.1 Å². The van der Waals surface area contributed by atoms with Crippen LogP contribution >= 0.6 is 0 Å². The SMILES string of the molecule is Nc1ccncc1-c1cc(NCc2ccccn2)nc2[nH]ccc12. The van der Waals surface area contributed by atoms with Gasteiger partial charge in [-0.25, -0.2) is 4.98 Å². The van der Waals surface area contributed by atoms with Gasteiger partial charge in [0.15, 0.2) is 0 Å². The van der Waals surface area contributed by atoms with Gasteiger partial charge in [0.05, 0.1) is 12.2 Å². The molecule has 0 atom stereocenters. The first-order chi connectivity index (χ1) is 11.8. The van der Waals surface area contributed by atoms with Gasteiger partial charge in [-0.15, -0.1) is 0 Å². The maximum absolute atomic E-state index is 6.13. The minimum absolute atomic E-state index is 0.599. The van der Waals surface area contributed by atoms with Crippen molar-refractivity contribution in [2.24, 2.45) is 0 Å². The molecule has 4 aromatic rings. The molecule has 0 saturated carbocycles. The molecule has 0 fully saturated rings. The zero-order valence-corrected chi connectivity index (χ0v) is 12.9. The molecule has 0 aliphatic rings. The third-order valence-corrected chi connectivity index (χ3v) is 3.85. The summed E-state index contributed by atoms with van der Waals surface area (Å²) in [6.45, 7) is 0.599. The van der Waals surface area contributed by atoms with E-state index in [4.69, 9.17) is 5.73 Å². The molecule has 0 aromatic carbocycles. The molecule has 0 amide bonds. The summed E-state index contributed by atoms with van der Waals surface area (Å²) in [5.74, 6) is 0.758. The smallest absolute Gasteiger partial charge is 0.140 e. The second-order valence-corrected chi connectivity index (χ2v) is 5.43. The van der Waals surface area contributed by atoms with Gasteiger partial charge >= 0.3 is 0 Å². The van der Waals surface area contributed by atoms with Crippen LogP contribution in [0.3, 0.4) is 0 Å². The molecular formula is C18H16N6. The van der Waals surface area contributed by atoms with Crippen molar-refractivity contribution in [3.05, 3.63) is 66.9 Å². The highest BCUT2D eigenvalue weighted by Gasteiger charge is 2.11. The largest absolute Gasteiger partial charge is 0.398 e. The summed E-state index contributed by atoms with van der Waals surface area (Å²) in [4.78, 5) is 16.3. The molecule has 118 valence electrons. The van der Waals surface area contributed by atoms with E-state index in [1.54, 1.807) is 24.7 Å². The van der Waals surface area contributed by atoms with Gasteiger partial charge in [0, 0.05) is 41.4 Å². The standard InChI is InChI=1S/C18H16N6/c19-16-5-7-20-11-15(16)14-9-17(24-18-13(14)4-8-22-18)23-10-12-3-1-2-6-21-12/h1-9,11H,10H2,(H2,19,20)(H2,22,23,24). The molecule has 0 saturated heterocycles. The molecule has 6 heteroatoms. The lowest BCUT2D eigenvalue weighted by Gasteiger charge is -2.10. The number of anilines is 2. The number of aromatic nitrogens is 4. The maximum atomic E-state index is 6.13. The van der Waals surface area contributed by atoms with E-state index in [2.05, 4.69) is 25.3 Å². The molecule has 4 heterocycles. The van der Waals surface area contributed by atoms with Crippen molar-refractivity contribution < 1.29 is 0 Å². The lowest BCUT2D eigenvalue weighted by Crippen LogP contribution is -2.03. The third kappa shape index (κ3) is 2.65. The van der Waals surface area contributed by atoms with Crippen molar-refractivity contribution in [1.82, 2.24) is 19.9 Å². The van der Waals surface area contributed by atoms with Gasteiger partial charge in [0.2, 0.25) is 0 Å². The molecule has 0 bridgehead atoms. The topological polar surface area (TPSA) is 92.5 Å². The molecular weight excluding hydrogens is 300 g/mol. The fourth-order valence-electron chi connectivity index (χ4n) is 2.67. The molecule has 0 spiro atoms. The van der Waals surface area contributed by atoms with Crippen LogP contribution in [0.5, 0.6) is 0 Å². The van der Waals surface area contributed by atoms with E-state index in [-0.39, 0.29) is 0 Å². The summed E-state index contributed by atoms with van der Waals surface area (Å²) < 4.78 is 0. The minimum Gasteiger partial charge on any atom is -0.398 e. The fraction of sp³-hybridized carbons (Fsp3) is 0.0556. The Hall–Kier alpha value is -3.41. The molecule has 0 aliphatic heterocycles. The highest BCUT2D eigenvalue weighted by Crippen LogP contribution is 2.32. The summed E-state index contributed by atoms with van der Waals surface area (Å²) >= 11 is 0. The first-order valence-corrected chi connectivity index (χ1v) is 7.63. The van der Waals surface area contributed by atoms with Crippen LogP contribution in [0.2, 0.25) is 0 Å². The van der Waals surface area contributed by atoms with Crippen LogP contribution in [0.1, 0.15) is 5.69 Å². The monoisotopic (exact) mass is 316 g/mol. The van der Waals surface area contributed by atoms with E-state index in [0.717, 1.165) is 33.7 Å². The normalized spacial score (nSPS) is 10.8. The highest BCUT2D eigenvalue weighted by atomic mass is 15.0. The van der Waals surface area contributed by atoms with Crippen molar-refractivity contribution in [3.63, 3.8) is 0 Å². The fourth-order valence-corrected chi connectivity index (χ4v) is 2.67. The summed E-state index contributed by atoms with van der Waals surface area (Å²) in [7, 11) is 0. The van der Waals surface area contributed by atoms with E-state index >= 15 is 0 Å². The van der Waals surface area contributed by atoms with Crippen LogP contribution in [-0.4, -0.2) is 19.9 Å². The highest BCUT2D eigenvalue weighted by molar-refractivity contribution is 5.97. The molecule has 4 N–H and O–H groups in total. The number of pyridine rings is 3. The molecule has 4 rings (SSSR count). The Morgan fingerprint density at radius 1 is 1.08 bits per heavy atom. The Labute approximate surface area is 138 Å². The van der Waals surface area contributed by atoms with E-state index in [1.165, 1.54) is 0 Å². The molecule has 6 nitrogen and oxygen atoms in total. The lowest BCUT2D eigenvalue weighted by atomic mass is 10.0. The van der Waals surface area contributed by atoms with Gasteiger partial charge in [-0.3, -0.25) is 9.97 Å². The van der Waals surface area contributed by atoms with Gasteiger partial charge in [0.25, 0.3) is 0 Å². The van der Waals surface area contributed by atoms with Crippen LogP contribution in [0.4, 0.5) is 11.5 Å². The molecule has 0 unspecified atom stereocenters. The number of nitrogens with zero attached hydrogens (tertiary/aromatic N) is 3. The zero-order valence-electron chi connectivity index (χ0n) is 12.9. The number of nitrogens with two attached hydrogens (primary N) is 1. The zero-order chi connectivity index (χ0) is 16.4. The van der Waals surface area contributed by atoms with Gasteiger partial charge < -0.3 is 16.0 Å². The van der Waals surface area contributed by atoms with Gasteiger partial charge in [-0.1, -0.05) is 6.07 Å². The number of nitrogen functional groups attached to an aromatic ring is 1. The molecule has 0 radical (unpaired) electrons. The quantitative estimate of drug-likeness (QED) is 0.537. The van der Waals surface area contributed by atoms with Crippen molar-refractivity contribution >= 4 is 22.5 Å². The van der Waals surface area contributed by atoms with Crippen molar-refractivity contribution in [3.8, 4) is 11.1 Å². The second-order valence-electron chi connectivity index (χ2n) is 5.43. The summed E-state index contributed by atoms with van der Waals surface area (Å²) in [5.41, 5.74) is 10.5. The Morgan fingerprint density at radius 3 is 2.88 bits per heavy atom. The average Bonchev–Trinajstić information content (AvgIpc) is 3.09. The molecule has 0 aliphatic carbocycles. The first-order valence-electron chi connectivity index (χ1n) is 7.63. The summed E-state index contributed by atoms with van der Waals surface area (Å²) in [6.07, 6.45) is 7.12. The van der Waals surface area contributed by atoms with Crippen molar-refractivity contribution in [2.45, 2.75) is 6.54 Å². The number of rotatable bonds is 4. The second kappa shape index (κ2) is 6.00. The Morgan fingerprint density at radius 2 is 2.04 bits per heavy atom. The molecule has 4 aromatic heterocycles. The summed E-state index contributed by atoms with van der Waals surface area (Å²) in [5, 5.41) is 4.33. The maximum Gasteiger partial charge on any atom is 0.140 e. The Kier molecular flexibility index (Phi) is 3.55. The van der Waals surface area contributed by atoms with E-state index in [9.17, 15) is 0 Å². The molecule has 24 heavy (non-hydrogen) atoms. The van der Waals surface area contributed by atoms with Crippen LogP contribution in [-0.2, 0) is 6.54 Å². The lowest BCUT2D eigenvalue weighted by molar-refractivity contribution is 1.03. The van der Waals surface area contributed by atoms with E-state index in [0.29, 0.717) is 12.2 Å². The third-order valence-electron chi connectivity index (χ3n) is 3.85. The first kappa shape index (κ1) is 14.2. The van der Waals surface area contributed by atoms with Gasteiger partial charge in [-0.05, 0) is 35.9 Å². The van der Waals surface area contributed by atoms with Crippen molar-refractivity contribution in [2.75, 3.05) is 11.1 Å². The van der Waals surface area contributed by atoms with Crippen LogP contribution in [0, 0.1) is 0 Å². The number of fused-ring (bicyclic) bond motifs is 1. The number of hydrogen-bond acceptors (Lipinski definition) is 5. The van der Waals surface area contributed by atoms with E-state index in [1.807, 2.05) is 36.5 Å². The number of nitrogens with one attached hydrogen (secondary N) is 2. The van der Waals surface area contributed by atoms with E-state index < -0.39 is 0 Å². The number of aromatic amines is 1. The predicted octanol–water partition coefficient (Wildman–Crippen LogP) is 3.21. The van der Waals surface area contributed by atoms with Crippen molar-refractivity contribution in [1.29, 1.82) is 0 Å². The van der Waals surface area contributed by atoms with Crippen LogP contribution in [0.25, 0.3) is 22.2 Å². The van der Waals surface area contributed by atoms with Gasteiger partial charge in [-0.2, -0.15) is 0 Å². The number of hydrogen-bond donors (Lipinski definition) is 3. The van der Waals surface area contributed by atoms with Gasteiger partial charge in [0.1, 0.15) is 11.5 Å². The minimum atomic E-state index is 0.599. The Bertz CT molecular complexity index is 977. The number of H-pyrrole nitrogens is 1. The van der Waals surface area contributed by atoms with Crippen LogP contribution in [0.15, 0.2) is 61.2 Å². The predicted molar refractivity (Wildman–Crippen MR) is 95.3 cm³/mol. The average molecular weight is 316 g/mol.